The molecule has 5 heteroatoms. The molecule has 25 heavy (non-hydrogen) atoms. The molecule has 0 spiro atoms. The van der Waals surface area contributed by atoms with Gasteiger partial charge in [0.25, 0.3) is 0 Å². The summed E-state index contributed by atoms with van der Waals surface area (Å²) in [5, 5.41) is 18.1. The summed E-state index contributed by atoms with van der Waals surface area (Å²) < 4.78 is 10.5. The van der Waals surface area contributed by atoms with Crippen LogP contribution >= 0.6 is 0 Å². The number of hydrogen-bond acceptors (Lipinski definition) is 5. The van der Waals surface area contributed by atoms with Gasteiger partial charge in [0.05, 0.1) is 12.7 Å². The molecule has 0 aromatic heterocycles. The molecule has 0 saturated heterocycles. The van der Waals surface area contributed by atoms with E-state index in [0.717, 1.165) is 0 Å². The predicted molar refractivity (Wildman–Crippen MR) is 93.1 cm³/mol. The Morgan fingerprint density at radius 1 is 1.12 bits per heavy atom. The van der Waals surface area contributed by atoms with Crippen LogP contribution in [0.1, 0.15) is 22.8 Å². The van der Waals surface area contributed by atoms with Gasteiger partial charge in [-0.2, -0.15) is 10.5 Å². The van der Waals surface area contributed by atoms with E-state index in [4.69, 9.17) is 14.7 Å². The van der Waals surface area contributed by atoms with Crippen molar-refractivity contribution < 1.29 is 14.3 Å². The Bertz CT molecular complexity index is 871. The van der Waals surface area contributed by atoms with Crippen LogP contribution in [-0.4, -0.2) is 19.0 Å². The van der Waals surface area contributed by atoms with Crippen LogP contribution in [0.25, 0.3) is 6.08 Å². The summed E-state index contributed by atoms with van der Waals surface area (Å²) in [5.74, 6) is 0.557. The Hall–Kier alpha value is -3.57. The zero-order chi connectivity index (χ0) is 18.2. The number of ketones is 1. The number of methoxy groups -OCH3 is 1. The van der Waals surface area contributed by atoms with Gasteiger partial charge in [0.1, 0.15) is 29.2 Å². The zero-order valence-electron chi connectivity index (χ0n) is 13.9. The van der Waals surface area contributed by atoms with E-state index in [1.807, 2.05) is 12.1 Å². The van der Waals surface area contributed by atoms with Gasteiger partial charge in [-0.3, -0.25) is 4.79 Å². The molecule has 0 aliphatic heterocycles. The quantitative estimate of drug-likeness (QED) is 0.457. The second-order valence-electron chi connectivity index (χ2n) is 5.16. The van der Waals surface area contributed by atoms with Gasteiger partial charge in [-0.15, -0.1) is 0 Å². The molecule has 0 amide bonds. The van der Waals surface area contributed by atoms with E-state index in [1.165, 1.54) is 13.2 Å². The Morgan fingerprint density at radius 3 is 2.40 bits per heavy atom. The maximum Gasteiger partial charge on any atom is 0.207 e. The van der Waals surface area contributed by atoms with Crippen LogP contribution in [0.4, 0.5) is 0 Å². The lowest BCUT2D eigenvalue weighted by Gasteiger charge is -2.08. The molecular formula is C20H16N2O3. The third-order valence-corrected chi connectivity index (χ3v) is 3.40. The van der Waals surface area contributed by atoms with Crippen molar-refractivity contribution in [1.82, 2.24) is 0 Å². The van der Waals surface area contributed by atoms with Crippen molar-refractivity contribution in [3.8, 4) is 23.6 Å². The molecule has 2 aromatic rings. The van der Waals surface area contributed by atoms with Crippen molar-refractivity contribution in [2.75, 3.05) is 7.11 Å². The minimum atomic E-state index is -0.553. The maximum atomic E-state index is 12.6. The molecule has 5 nitrogen and oxygen atoms in total. The van der Waals surface area contributed by atoms with Gasteiger partial charge < -0.3 is 9.47 Å². The molecule has 2 aromatic carbocycles. The molecule has 1 unspecified atom stereocenters. The van der Waals surface area contributed by atoms with Crippen molar-refractivity contribution in [2.45, 2.75) is 13.0 Å². The zero-order valence-corrected chi connectivity index (χ0v) is 13.9. The predicted octanol–water partition coefficient (Wildman–Crippen LogP) is 3.78. The molecule has 1 atom stereocenters. The SMILES string of the molecule is COc1ccccc1C(=O)C(C#N)=Cc1ccc(OC(C)C#N)cc1. The molecule has 0 N–H and O–H groups in total. The van der Waals surface area contributed by atoms with E-state index >= 15 is 0 Å². The summed E-state index contributed by atoms with van der Waals surface area (Å²) in [7, 11) is 1.48. The molecule has 0 fully saturated rings. The van der Waals surface area contributed by atoms with Crippen molar-refractivity contribution in [1.29, 1.82) is 10.5 Å². The molecule has 0 bridgehead atoms. The second kappa shape index (κ2) is 8.33. The Labute approximate surface area is 146 Å². The lowest BCUT2D eigenvalue weighted by molar-refractivity contribution is 0.103. The minimum Gasteiger partial charge on any atom is -0.496 e. The first-order valence-corrected chi connectivity index (χ1v) is 7.55. The fourth-order valence-corrected chi connectivity index (χ4v) is 2.17. The average molecular weight is 332 g/mol. The monoisotopic (exact) mass is 332 g/mol. The number of allylic oxidation sites excluding steroid dienone is 1. The highest BCUT2D eigenvalue weighted by Gasteiger charge is 2.16. The maximum absolute atomic E-state index is 12.6. The number of ether oxygens (including phenoxy) is 2. The summed E-state index contributed by atoms with van der Waals surface area (Å²) in [5.41, 5.74) is 1.01. The van der Waals surface area contributed by atoms with Crippen LogP contribution in [0.5, 0.6) is 11.5 Å². The van der Waals surface area contributed by atoms with E-state index in [2.05, 4.69) is 0 Å². The van der Waals surface area contributed by atoms with Crippen LogP contribution in [0, 0.1) is 22.7 Å². The first-order chi connectivity index (χ1) is 12.1. The van der Waals surface area contributed by atoms with Crippen molar-refractivity contribution in [3.63, 3.8) is 0 Å². The Balaban J connectivity index is 2.27. The fourth-order valence-electron chi connectivity index (χ4n) is 2.17. The number of Topliss-reactive ketones (excluding diaryl/α,β-unsaturated/α-hetero) is 1. The summed E-state index contributed by atoms with van der Waals surface area (Å²) >= 11 is 0. The van der Waals surface area contributed by atoms with E-state index in [9.17, 15) is 10.1 Å². The van der Waals surface area contributed by atoms with Crippen molar-refractivity contribution >= 4 is 11.9 Å². The largest absolute Gasteiger partial charge is 0.496 e. The van der Waals surface area contributed by atoms with E-state index in [1.54, 1.807) is 55.5 Å². The highest BCUT2D eigenvalue weighted by molar-refractivity contribution is 6.15. The van der Waals surface area contributed by atoms with Gasteiger partial charge in [-0.1, -0.05) is 24.3 Å². The molecule has 2 rings (SSSR count). The van der Waals surface area contributed by atoms with Crippen molar-refractivity contribution in [2.24, 2.45) is 0 Å². The minimum absolute atomic E-state index is 0.00330. The fraction of sp³-hybridized carbons (Fsp3) is 0.150. The average Bonchev–Trinajstić information content (AvgIpc) is 2.66. The van der Waals surface area contributed by atoms with Gasteiger partial charge in [0, 0.05) is 0 Å². The van der Waals surface area contributed by atoms with Gasteiger partial charge in [-0.25, -0.2) is 0 Å². The molecule has 0 heterocycles. The normalized spacial score (nSPS) is 11.8. The standard InChI is InChI=1S/C20H16N2O3/c1-14(12-21)25-17-9-7-15(8-10-17)11-16(13-22)20(23)18-5-3-4-6-19(18)24-2/h3-11,14H,1-2H3. The number of carbonyl (C=O) groups excluding carboxylic acids is 1. The number of rotatable bonds is 6. The van der Waals surface area contributed by atoms with E-state index in [0.29, 0.717) is 22.6 Å². The van der Waals surface area contributed by atoms with Gasteiger partial charge >= 0.3 is 0 Å². The number of para-hydroxylation sites is 1. The number of nitrogens with zero attached hydrogens (tertiary/aromatic N) is 2. The second-order valence-corrected chi connectivity index (χ2v) is 5.16. The molecule has 0 aliphatic rings. The number of nitriles is 2. The first-order valence-electron chi connectivity index (χ1n) is 7.55. The molecule has 0 saturated carbocycles. The number of benzene rings is 2. The molecule has 0 radical (unpaired) electrons. The van der Waals surface area contributed by atoms with Crippen LogP contribution in [-0.2, 0) is 0 Å². The van der Waals surface area contributed by atoms with E-state index in [-0.39, 0.29) is 5.57 Å². The molecule has 124 valence electrons. The van der Waals surface area contributed by atoms with Crippen LogP contribution in [0.2, 0.25) is 0 Å². The highest BCUT2D eigenvalue weighted by Crippen LogP contribution is 2.22. The topological polar surface area (TPSA) is 83.1 Å². The van der Waals surface area contributed by atoms with Crippen LogP contribution in [0.3, 0.4) is 0 Å². The highest BCUT2D eigenvalue weighted by atomic mass is 16.5. The Kier molecular flexibility index (Phi) is 5.92. The first kappa shape index (κ1) is 17.8. The van der Waals surface area contributed by atoms with Crippen LogP contribution in [0.15, 0.2) is 54.1 Å². The summed E-state index contributed by atoms with van der Waals surface area (Å²) in [6.07, 6.45) is 0.954. The third-order valence-electron chi connectivity index (χ3n) is 3.40. The van der Waals surface area contributed by atoms with Gasteiger partial charge in [0.2, 0.25) is 5.78 Å². The summed E-state index contributed by atoms with van der Waals surface area (Å²) in [4.78, 5) is 12.6. The van der Waals surface area contributed by atoms with Gasteiger partial charge in [0.15, 0.2) is 6.10 Å². The van der Waals surface area contributed by atoms with E-state index < -0.39 is 11.9 Å². The molecular weight excluding hydrogens is 316 g/mol. The smallest absolute Gasteiger partial charge is 0.207 e. The Morgan fingerprint density at radius 2 is 1.80 bits per heavy atom. The lowest BCUT2D eigenvalue weighted by atomic mass is 10.0. The van der Waals surface area contributed by atoms with Crippen LogP contribution < -0.4 is 9.47 Å². The summed E-state index contributed by atoms with van der Waals surface area (Å²) in [6, 6.07) is 17.5. The van der Waals surface area contributed by atoms with Gasteiger partial charge in [-0.05, 0) is 42.8 Å². The molecule has 0 aliphatic carbocycles. The lowest BCUT2D eigenvalue weighted by Crippen LogP contribution is -2.07. The summed E-state index contributed by atoms with van der Waals surface area (Å²) in [6.45, 7) is 1.65. The number of carbonyl (C=O) groups is 1. The third kappa shape index (κ3) is 4.46. The van der Waals surface area contributed by atoms with Crippen molar-refractivity contribution in [3.05, 3.63) is 65.2 Å². The number of hydrogen-bond donors (Lipinski definition) is 0.